The van der Waals surface area contributed by atoms with E-state index in [9.17, 15) is 4.79 Å². The van der Waals surface area contributed by atoms with E-state index in [1.165, 1.54) is 0 Å². The molecule has 0 fully saturated rings. The van der Waals surface area contributed by atoms with Crippen LogP contribution in [0.4, 0.5) is 5.95 Å². The highest BCUT2D eigenvalue weighted by Crippen LogP contribution is 2.39. The van der Waals surface area contributed by atoms with E-state index in [-0.39, 0.29) is 36.8 Å². The molecule has 8 heteroatoms. The number of fused-ring (bicyclic) bond motifs is 1. The minimum atomic E-state index is -0.283. The number of rotatable bonds is 7. The van der Waals surface area contributed by atoms with E-state index in [4.69, 9.17) is 4.74 Å². The van der Waals surface area contributed by atoms with Crippen LogP contribution in [0.2, 0.25) is 0 Å². The summed E-state index contributed by atoms with van der Waals surface area (Å²) in [6.07, 6.45) is 1.91. The SMILES string of the molecule is CCOC(=O)C1=C(C)Nc2ncc(CN(CC)CC)n2C1c1ccccc1C.Cl.Cl. The van der Waals surface area contributed by atoms with E-state index in [1.54, 1.807) is 0 Å². The molecule has 1 aliphatic rings. The maximum atomic E-state index is 12.9. The fraction of sp³-hybridized carbons (Fsp3) is 0.455. The lowest BCUT2D eigenvalue weighted by Gasteiger charge is -2.32. The Balaban J connectivity index is 0.00000225. The summed E-state index contributed by atoms with van der Waals surface area (Å²) >= 11 is 0. The molecule has 0 saturated carbocycles. The van der Waals surface area contributed by atoms with Gasteiger partial charge in [-0.15, -0.1) is 24.8 Å². The Morgan fingerprint density at radius 2 is 1.83 bits per heavy atom. The topological polar surface area (TPSA) is 59.4 Å². The summed E-state index contributed by atoms with van der Waals surface area (Å²) in [5, 5.41) is 3.31. The number of benzene rings is 1. The fourth-order valence-corrected chi connectivity index (χ4v) is 3.80. The molecule has 1 aromatic heterocycles. The number of nitrogens with one attached hydrogen (secondary N) is 1. The van der Waals surface area contributed by atoms with E-state index in [1.807, 2.05) is 32.2 Å². The fourth-order valence-electron chi connectivity index (χ4n) is 3.80. The van der Waals surface area contributed by atoms with Crippen molar-refractivity contribution in [2.24, 2.45) is 0 Å². The maximum absolute atomic E-state index is 12.9. The molecular weight excluding hydrogens is 423 g/mol. The largest absolute Gasteiger partial charge is 0.463 e. The van der Waals surface area contributed by atoms with Gasteiger partial charge in [-0.3, -0.25) is 4.90 Å². The van der Waals surface area contributed by atoms with Crippen LogP contribution >= 0.6 is 24.8 Å². The number of carbonyl (C=O) groups is 1. The summed E-state index contributed by atoms with van der Waals surface area (Å²) in [6, 6.07) is 7.94. The zero-order valence-corrected chi connectivity index (χ0v) is 19.9. The van der Waals surface area contributed by atoms with Crippen LogP contribution in [0.5, 0.6) is 0 Å². The lowest BCUT2D eigenvalue weighted by atomic mass is 9.92. The second-order valence-corrected chi connectivity index (χ2v) is 7.05. The Morgan fingerprint density at radius 1 is 1.17 bits per heavy atom. The molecule has 1 atom stereocenters. The van der Waals surface area contributed by atoms with Crippen LogP contribution in [0.1, 0.15) is 50.6 Å². The van der Waals surface area contributed by atoms with Crippen molar-refractivity contribution in [2.75, 3.05) is 25.0 Å². The first kappa shape index (κ1) is 26.0. The normalized spacial score (nSPS) is 15.1. The zero-order chi connectivity index (χ0) is 20.3. The van der Waals surface area contributed by atoms with Crippen LogP contribution in [0.25, 0.3) is 0 Å². The van der Waals surface area contributed by atoms with Crippen molar-refractivity contribution >= 4 is 36.7 Å². The van der Waals surface area contributed by atoms with Gasteiger partial charge in [0.15, 0.2) is 0 Å². The van der Waals surface area contributed by atoms with Crippen LogP contribution in [0.15, 0.2) is 41.7 Å². The minimum Gasteiger partial charge on any atom is -0.463 e. The van der Waals surface area contributed by atoms with Gasteiger partial charge in [0.2, 0.25) is 5.95 Å². The zero-order valence-electron chi connectivity index (χ0n) is 18.3. The Morgan fingerprint density at radius 3 is 2.43 bits per heavy atom. The number of ether oxygens (including phenoxy) is 1. The number of carbonyl (C=O) groups excluding carboxylic acids is 1. The highest BCUT2D eigenvalue weighted by molar-refractivity contribution is 5.92. The third-order valence-corrected chi connectivity index (χ3v) is 5.37. The lowest BCUT2D eigenvalue weighted by molar-refractivity contribution is -0.139. The molecule has 3 rings (SSSR count). The van der Waals surface area contributed by atoms with Gasteiger partial charge < -0.3 is 14.6 Å². The second-order valence-electron chi connectivity index (χ2n) is 7.05. The number of hydrogen-bond acceptors (Lipinski definition) is 5. The molecule has 0 bridgehead atoms. The lowest BCUT2D eigenvalue weighted by Crippen LogP contribution is -2.32. The smallest absolute Gasteiger partial charge is 0.338 e. The van der Waals surface area contributed by atoms with E-state index >= 15 is 0 Å². The molecule has 0 saturated heterocycles. The van der Waals surface area contributed by atoms with E-state index in [2.05, 4.69) is 52.7 Å². The molecular formula is C22H32Cl2N4O2. The van der Waals surface area contributed by atoms with Gasteiger partial charge in [0.25, 0.3) is 0 Å². The molecule has 0 amide bonds. The number of allylic oxidation sites excluding steroid dienone is 1. The summed E-state index contributed by atoms with van der Waals surface area (Å²) in [4.78, 5) is 19.9. The molecule has 166 valence electrons. The Labute approximate surface area is 191 Å². The average Bonchev–Trinajstić information content (AvgIpc) is 3.07. The van der Waals surface area contributed by atoms with Gasteiger partial charge in [-0.05, 0) is 45.0 Å². The second kappa shape index (κ2) is 11.4. The number of halogens is 2. The summed E-state index contributed by atoms with van der Waals surface area (Å²) in [6.45, 7) is 13.2. The van der Waals surface area contributed by atoms with Gasteiger partial charge in [0.05, 0.1) is 30.1 Å². The minimum absolute atomic E-state index is 0. The maximum Gasteiger partial charge on any atom is 0.338 e. The molecule has 6 nitrogen and oxygen atoms in total. The third-order valence-electron chi connectivity index (χ3n) is 5.37. The summed E-state index contributed by atoms with van der Waals surface area (Å²) in [7, 11) is 0. The van der Waals surface area contributed by atoms with Crippen LogP contribution in [-0.2, 0) is 16.1 Å². The van der Waals surface area contributed by atoms with E-state index < -0.39 is 0 Å². The van der Waals surface area contributed by atoms with Crippen molar-refractivity contribution in [3.63, 3.8) is 0 Å². The summed E-state index contributed by atoms with van der Waals surface area (Å²) in [5.74, 6) is 0.481. The van der Waals surface area contributed by atoms with Crippen LogP contribution in [0, 0.1) is 6.92 Å². The van der Waals surface area contributed by atoms with E-state index in [0.717, 1.165) is 48.1 Å². The highest BCUT2D eigenvalue weighted by atomic mass is 35.5. The monoisotopic (exact) mass is 454 g/mol. The number of nitrogens with zero attached hydrogens (tertiary/aromatic N) is 3. The first-order valence-corrected chi connectivity index (χ1v) is 10.0. The van der Waals surface area contributed by atoms with Crippen molar-refractivity contribution in [1.29, 1.82) is 0 Å². The Hall–Kier alpha value is -2.02. The molecule has 1 aromatic carbocycles. The first-order chi connectivity index (χ1) is 13.5. The molecule has 0 aliphatic carbocycles. The number of anilines is 1. The molecule has 2 aromatic rings. The average molecular weight is 455 g/mol. The number of imidazole rings is 1. The Kier molecular flexibility index (Phi) is 9.88. The van der Waals surface area contributed by atoms with Gasteiger partial charge in [-0.1, -0.05) is 38.1 Å². The first-order valence-electron chi connectivity index (χ1n) is 10.0. The van der Waals surface area contributed by atoms with Crippen molar-refractivity contribution in [3.8, 4) is 0 Å². The third kappa shape index (κ3) is 4.99. The van der Waals surface area contributed by atoms with Gasteiger partial charge in [-0.2, -0.15) is 0 Å². The van der Waals surface area contributed by atoms with Crippen LogP contribution in [0.3, 0.4) is 0 Å². The highest BCUT2D eigenvalue weighted by Gasteiger charge is 2.35. The van der Waals surface area contributed by atoms with Gasteiger partial charge >= 0.3 is 5.97 Å². The van der Waals surface area contributed by atoms with Crippen molar-refractivity contribution in [3.05, 3.63) is 58.6 Å². The Bertz CT molecular complexity index is 891. The molecule has 30 heavy (non-hydrogen) atoms. The van der Waals surface area contributed by atoms with Crippen molar-refractivity contribution < 1.29 is 9.53 Å². The van der Waals surface area contributed by atoms with Gasteiger partial charge in [0, 0.05) is 12.2 Å². The van der Waals surface area contributed by atoms with Gasteiger partial charge in [-0.25, -0.2) is 9.78 Å². The van der Waals surface area contributed by atoms with Crippen LogP contribution < -0.4 is 5.32 Å². The molecule has 1 N–H and O–H groups in total. The van der Waals surface area contributed by atoms with Crippen molar-refractivity contribution in [2.45, 2.75) is 47.2 Å². The predicted molar refractivity (Wildman–Crippen MR) is 126 cm³/mol. The molecule has 0 spiro atoms. The summed E-state index contributed by atoms with van der Waals surface area (Å²) < 4.78 is 7.57. The molecule has 1 unspecified atom stereocenters. The standard InChI is InChI=1S/C22H30N4O2.2ClH/c1-6-25(7-2)14-17-13-23-22-24-16(5)19(21(27)28-8-3)20(26(17)22)18-12-10-9-11-15(18)4;;/h9-13,20H,6-8,14H2,1-5H3,(H,23,24);2*1H. The van der Waals surface area contributed by atoms with Crippen molar-refractivity contribution in [1.82, 2.24) is 14.5 Å². The number of aromatic nitrogens is 2. The quantitative estimate of drug-likeness (QED) is 0.612. The van der Waals surface area contributed by atoms with E-state index in [0.29, 0.717) is 12.2 Å². The number of aryl methyl sites for hydroxylation is 1. The van der Waals surface area contributed by atoms with Gasteiger partial charge in [0.1, 0.15) is 0 Å². The molecule has 2 heterocycles. The predicted octanol–water partition coefficient (Wildman–Crippen LogP) is 4.73. The molecule has 0 radical (unpaired) electrons. The molecule has 1 aliphatic heterocycles. The number of hydrogen-bond donors (Lipinski definition) is 1. The summed E-state index contributed by atoms with van der Waals surface area (Å²) in [5.41, 5.74) is 4.74. The number of esters is 1. The van der Waals surface area contributed by atoms with Crippen LogP contribution in [-0.4, -0.2) is 40.1 Å².